The zero-order chi connectivity index (χ0) is 12.6. The first-order valence-electron chi connectivity index (χ1n) is 6.36. The Morgan fingerprint density at radius 2 is 2.00 bits per heavy atom. The van der Waals surface area contributed by atoms with Crippen molar-refractivity contribution < 1.29 is 0 Å². The van der Waals surface area contributed by atoms with E-state index in [1.54, 1.807) is 0 Å². The molecule has 0 amide bonds. The molecule has 16 heavy (non-hydrogen) atoms. The molecule has 0 radical (unpaired) electrons. The average Bonchev–Trinajstić information content (AvgIpc) is 2.24. The first kappa shape index (κ1) is 15.4. The van der Waals surface area contributed by atoms with E-state index in [0.717, 1.165) is 32.6 Å². The third-order valence-electron chi connectivity index (χ3n) is 2.81. The van der Waals surface area contributed by atoms with Crippen molar-refractivity contribution >= 4 is 0 Å². The molecule has 0 spiro atoms. The van der Waals surface area contributed by atoms with Gasteiger partial charge in [0.25, 0.3) is 0 Å². The second kappa shape index (κ2) is 7.65. The van der Waals surface area contributed by atoms with Crippen molar-refractivity contribution in [3.8, 4) is 6.07 Å². The molecular formula is C13H27N3. The summed E-state index contributed by atoms with van der Waals surface area (Å²) in [5, 5.41) is 12.4. The van der Waals surface area contributed by atoms with Crippen LogP contribution in [0.2, 0.25) is 0 Å². The predicted octanol–water partition coefficient (Wildman–Crippen LogP) is 2.25. The maximum atomic E-state index is 9.15. The van der Waals surface area contributed by atoms with Crippen LogP contribution in [0, 0.1) is 17.2 Å². The molecule has 0 saturated heterocycles. The number of nitrogens with zero attached hydrogens (tertiary/aromatic N) is 2. The number of rotatable bonds is 8. The summed E-state index contributed by atoms with van der Waals surface area (Å²) >= 11 is 0. The van der Waals surface area contributed by atoms with Gasteiger partial charge < -0.3 is 4.90 Å². The van der Waals surface area contributed by atoms with Crippen molar-refractivity contribution in [1.82, 2.24) is 10.2 Å². The molecule has 94 valence electrons. The minimum absolute atomic E-state index is 0.376. The van der Waals surface area contributed by atoms with Crippen LogP contribution in [0.3, 0.4) is 0 Å². The van der Waals surface area contributed by atoms with Crippen LogP contribution in [-0.4, -0.2) is 36.6 Å². The Balaban J connectivity index is 4.13. The molecule has 0 aromatic carbocycles. The van der Waals surface area contributed by atoms with Crippen LogP contribution in [0.25, 0.3) is 0 Å². The molecule has 0 aromatic heterocycles. The molecule has 1 atom stereocenters. The van der Waals surface area contributed by atoms with Crippen molar-refractivity contribution in [2.75, 3.05) is 26.2 Å². The Morgan fingerprint density at radius 1 is 1.38 bits per heavy atom. The summed E-state index contributed by atoms with van der Waals surface area (Å²) in [6.45, 7) is 14.7. The normalized spacial score (nSPS) is 15.1. The summed E-state index contributed by atoms with van der Waals surface area (Å²) in [6, 6.07) is 2.37. The molecule has 0 aliphatic rings. The molecule has 0 bridgehead atoms. The van der Waals surface area contributed by atoms with E-state index in [1.807, 2.05) is 13.8 Å². The van der Waals surface area contributed by atoms with Crippen LogP contribution in [0.4, 0.5) is 0 Å². The molecule has 3 heteroatoms. The first-order chi connectivity index (χ1) is 7.47. The van der Waals surface area contributed by atoms with Gasteiger partial charge in [-0.15, -0.1) is 0 Å². The van der Waals surface area contributed by atoms with Crippen LogP contribution < -0.4 is 5.32 Å². The summed E-state index contributed by atoms with van der Waals surface area (Å²) in [5.41, 5.74) is -0.376. The number of nitriles is 1. The van der Waals surface area contributed by atoms with Crippen molar-refractivity contribution in [1.29, 1.82) is 5.26 Å². The van der Waals surface area contributed by atoms with Crippen molar-refractivity contribution in [2.45, 2.75) is 46.6 Å². The van der Waals surface area contributed by atoms with Gasteiger partial charge in [0.15, 0.2) is 0 Å². The standard InChI is InChI=1S/C13H27N3/c1-6-15-13(5,11-14)8-9-16(7-2)10-12(3)4/h12,15H,6-10H2,1-5H3. The lowest BCUT2D eigenvalue weighted by molar-refractivity contribution is 0.232. The lowest BCUT2D eigenvalue weighted by Gasteiger charge is -2.28. The topological polar surface area (TPSA) is 39.1 Å². The third kappa shape index (κ3) is 6.09. The smallest absolute Gasteiger partial charge is 0.105 e. The fourth-order valence-corrected chi connectivity index (χ4v) is 1.85. The minimum Gasteiger partial charge on any atom is -0.303 e. The lowest BCUT2D eigenvalue weighted by Crippen LogP contribution is -2.44. The molecule has 0 rings (SSSR count). The summed E-state index contributed by atoms with van der Waals surface area (Å²) in [6.07, 6.45) is 0.887. The van der Waals surface area contributed by atoms with Crippen LogP contribution >= 0.6 is 0 Å². The van der Waals surface area contributed by atoms with E-state index < -0.39 is 0 Å². The van der Waals surface area contributed by atoms with Gasteiger partial charge in [-0.25, -0.2) is 0 Å². The molecule has 1 unspecified atom stereocenters. The van der Waals surface area contributed by atoms with Crippen LogP contribution in [0.1, 0.15) is 41.0 Å². The van der Waals surface area contributed by atoms with Gasteiger partial charge in [-0.3, -0.25) is 5.32 Å². The molecule has 0 aromatic rings. The van der Waals surface area contributed by atoms with Gasteiger partial charge >= 0.3 is 0 Å². The largest absolute Gasteiger partial charge is 0.303 e. The third-order valence-corrected chi connectivity index (χ3v) is 2.81. The van der Waals surface area contributed by atoms with E-state index in [1.165, 1.54) is 0 Å². The zero-order valence-corrected chi connectivity index (χ0v) is 11.5. The highest BCUT2D eigenvalue weighted by Gasteiger charge is 2.22. The van der Waals surface area contributed by atoms with E-state index in [4.69, 9.17) is 5.26 Å². The van der Waals surface area contributed by atoms with Crippen molar-refractivity contribution in [3.63, 3.8) is 0 Å². The number of hydrogen-bond donors (Lipinski definition) is 1. The first-order valence-corrected chi connectivity index (χ1v) is 6.36. The number of hydrogen-bond acceptors (Lipinski definition) is 3. The molecule has 0 fully saturated rings. The SMILES string of the molecule is CCNC(C)(C#N)CCN(CC)CC(C)C. The van der Waals surface area contributed by atoms with E-state index in [2.05, 4.69) is 37.1 Å². The highest BCUT2D eigenvalue weighted by Crippen LogP contribution is 2.10. The van der Waals surface area contributed by atoms with E-state index in [9.17, 15) is 0 Å². The number of nitrogens with one attached hydrogen (secondary N) is 1. The summed E-state index contributed by atoms with van der Waals surface area (Å²) in [5.74, 6) is 0.687. The summed E-state index contributed by atoms with van der Waals surface area (Å²) < 4.78 is 0. The van der Waals surface area contributed by atoms with Crippen LogP contribution in [0.5, 0.6) is 0 Å². The highest BCUT2D eigenvalue weighted by atomic mass is 15.1. The Morgan fingerprint density at radius 3 is 2.38 bits per heavy atom. The molecule has 0 aliphatic heterocycles. The summed E-state index contributed by atoms with van der Waals surface area (Å²) in [4.78, 5) is 2.41. The Hall–Kier alpha value is -0.590. The van der Waals surface area contributed by atoms with Crippen LogP contribution in [-0.2, 0) is 0 Å². The van der Waals surface area contributed by atoms with Crippen molar-refractivity contribution in [3.05, 3.63) is 0 Å². The fraction of sp³-hybridized carbons (Fsp3) is 0.923. The molecule has 0 heterocycles. The zero-order valence-electron chi connectivity index (χ0n) is 11.5. The van der Waals surface area contributed by atoms with Gasteiger partial charge in [-0.1, -0.05) is 27.7 Å². The Bertz CT molecular complexity index is 220. The maximum absolute atomic E-state index is 9.15. The molecule has 0 saturated carbocycles. The molecule has 1 N–H and O–H groups in total. The van der Waals surface area contributed by atoms with Gasteiger partial charge in [0.2, 0.25) is 0 Å². The van der Waals surface area contributed by atoms with E-state index in [-0.39, 0.29) is 5.54 Å². The van der Waals surface area contributed by atoms with Crippen LogP contribution in [0.15, 0.2) is 0 Å². The van der Waals surface area contributed by atoms with Gasteiger partial charge in [0.1, 0.15) is 5.54 Å². The Labute approximate surface area is 101 Å². The quantitative estimate of drug-likeness (QED) is 0.688. The average molecular weight is 225 g/mol. The molecule has 3 nitrogen and oxygen atoms in total. The summed E-state index contributed by atoms with van der Waals surface area (Å²) in [7, 11) is 0. The molecular weight excluding hydrogens is 198 g/mol. The van der Waals surface area contributed by atoms with Crippen molar-refractivity contribution in [2.24, 2.45) is 5.92 Å². The highest BCUT2D eigenvalue weighted by molar-refractivity contribution is 5.03. The molecule has 0 aliphatic carbocycles. The van der Waals surface area contributed by atoms with Gasteiger partial charge in [-0.05, 0) is 32.4 Å². The second-order valence-electron chi connectivity index (χ2n) is 5.01. The van der Waals surface area contributed by atoms with Gasteiger partial charge in [0.05, 0.1) is 6.07 Å². The lowest BCUT2D eigenvalue weighted by atomic mass is 9.99. The maximum Gasteiger partial charge on any atom is 0.105 e. The van der Waals surface area contributed by atoms with Gasteiger partial charge in [0, 0.05) is 13.1 Å². The monoisotopic (exact) mass is 225 g/mol. The van der Waals surface area contributed by atoms with E-state index >= 15 is 0 Å². The van der Waals surface area contributed by atoms with Gasteiger partial charge in [-0.2, -0.15) is 5.26 Å². The van der Waals surface area contributed by atoms with E-state index in [0.29, 0.717) is 5.92 Å². The second-order valence-corrected chi connectivity index (χ2v) is 5.01. The fourth-order valence-electron chi connectivity index (χ4n) is 1.85. The Kier molecular flexibility index (Phi) is 7.36. The predicted molar refractivity (Wildman–Crippen MR) is 69.3 cm³/mol. The minimum atomic E-state index is -0.376.